The summed E-state index contributed by atoms with van der Waals surface area (Å²) in [5.41, 5.74) is 5.08. The molecule has 94 valence electrons. The third kappa shape index (κ3) is 4.81. The number of rotatable bonds is 6. The average molecular weight is 259 g/mol. The Morgan fingerprint density at radius 2 is 2.06 bits per heavy atom. The highest BCUT2D eigenvalue weighted by molar-refractivity contribution is 6.28. The first-order chi connectivity index (χ1) is 8.01. The number of carbonyl (C=O) groups is 1. The zero-order valence-electron chi connectivity index (χ0n) is 9.70. The molecular formula is C9H15ClN6O. The van der Waals surface area contributed by atoms with E-state index in [1.165, 1.54) is 0 Å². The van der Waals surface area contributed by atoms with Crippen molar-refractivity contribution in [3.63, 3.8) is 0 Å². The lowest BCUT2D eigenvalue weighted by Gasteiger charge is -2.12. The van der Waals surface area contributed by atoms with Gasteiger partial charge in [0, 0.05) is 19.0 Å². The van der Waals surface area contributed by atoms with Crippen molar-refractivity contribution >= 4 is 29.4 Å². The number of aromatic nitrogens is 3. The van der Waals surface area contributed by atoms with Gasteiger partial charge in [-0.05, 0) is 25.4 Å². The Balaban J connectivity index is 2.72. The van der Waals surface area contributed by atoms with Crippen LogP contribution in [0.2, 0.25) is 5.28 Å². The van der Waals surface area contributed by atoms with Crippen LogP contribution < -0.4 is 16.4 Å². The molecule has 1 unspecified atom stereocenters. The smallest absolute Gasteiger partial charge is 0.229 e. The van der Waals surface area contributed by atoms with Crippen LogP contribution in [0, 0.1) is 0 Å². The minimum atomic E-state index is -0.392. The van der Waals surface area contributed by atoms with Crippen molar-refractivity contribution in [2.75, 3.05) is 17.2 Å². The zero-order chi connectivity index (χ0) is 12.8. The molecule has 0 radical (unpaired) electrons. The number of nitrogens with two attached hydrogens (primary N) is 1. The molecule has 0 aliphatic rings. The minimum Gasteiger partial charge on any atom is -0.370 e. The van der Waals surface area contributed by atoms with Gasteiger partial charge in [0.15, 0.2) is 0 Å². The van der Waals surface area contributed by atoms with Gasteiger partial charge < -0.3 is 16.4 Å². The van der Waals surface area contributed by atoms with E-state index in [4.69, 9.17) is 17.3 Å². The number of nitrogens with zero attached hydrogens (tertiary/aromatic N) is 3. The predicted octanol–water partition coefficient (Wildman–Crippen LogP) is 0.633. The fourth-order valence-corrected chi connectivity index (χ4v) is 1.39. The van der Waals surface area contributed by atoms with Crippen molar-refractivity contribution in [2.45, 2.75) is 26.3 Å². The molecule has 0 saturated heterocycles. The van der Waals surface area contributed by atoms with Crippen LogP contribution in [-0.2, 0) is 4.79 Å². The molecule has 17 heavy (non-hydrogen) atoms. The maximum Gasteiger partial charge on any atom is 0.229 e. The molecule has 0 spiro atoms. The summed E-state index contributed by atoms with van der Waals surface area (Å²) in [6.07, 6.45) is 0.194. The second kappa shape index (κ2) is 6.19. The zero-order valence-corrected chi connectivity index (χ0v) is 10.5. The molecule has 0 aliphatic heterocycles. The van der Waals surface area contributed by atoms with Crippen molar-refractivity contribution in [3.05, 3.63) is 5.28 Å². The van der Waals surface area contributed by atoms with Crippen LogP contribution in [0.4, 0.5) is 11.9 Å². The molecule has 7 nitrogen and oxygen atoms in total. The van der Waals surface area contributed by atoms with Crippen molar-refractivity contribution in [3.8, 4) is 0 Å². The highest BCUT2D eigenvalue weighted by atomic mass is 35.5. The Bertz CT molecular complexity index is 399. The summed E-state index contributed by atoms with van der Waals surface area (Å²) in [5, 5.41) is 5.94. The Labute approximate surface area is 104 Å². The largest absolute Gasteiger partial charge is 0.370 e. The van der Waals surface area contributed by atoms with E-state index in [2.05, 4.69) is 25.6 Å². The number of halogens is 1. The van der Waals surface area contributed by atoms with E-state index in [9.17, 15) is 4.79 Å². The molecule has 1 aromatic rings. The first-order valence-electron chi connectivity index (χ1n) is 5.21. The van der Waals surface area contributed by atoms with Gasteiger partial charge in [-0.3, -0.25) is 4.79 Å². The molecule has 1 amide bonds. The standard InChI is InChI=1S/C9H15ClN6O/c1-3-12-8-14-7(10)15-9(16-8)13-5(2)4-6(11)17/h5H,3-4H2,1-2H3,(H2,11,17)(H2,12,13,14,15,16). The first-order valence-corrected chi connectivity index (χ1v) is 5.59. The van der Waals surface area contributed by atoms with E-state index in [1.807, 2.05) is 6.92 Å². The van der Waals surface area contributed by atoms with Gasteiger partial charge >= 0.3 is 0 Å². The van der Waals surface area contributed by atoms with Crippen molar-refractivity contribution in [1.82, 2.24) is 15.0 Å². The summed E-state index contributed by atoms with van der Waals surface area (Å²) in [4.78, 5) is 22.6. The average Bonchev–Trinajstić information content (AvgIpc) is 2.14. The van der Waals surface area contributed by atoms with Gasteiger partial charge in [-0.2, -0.15) is 15.0 Å². The van der Waals surface area contributed by atoms with Crippen molar-refractivity contribution in [1.29, 1.82) is 0 Å². The van der Waals surface area contributed by atoms with E-state index in [0.29, 0.717) is 18.4 Å². The molecule has 0 bridgehead atoms. The molecule has 1 rings (SSSR count). The number of carbonyl (C=O) groups excluding carboxylic acids is 1. The maximum atomic E-state index is 10.7. The van der Waals surface area contributed by atoms with Crippen LogP contribution in [0.5, 0.6) is 0 Å². The van der Waals surface area contributed by atoms with Gasteiger partial charge in [-0.1, -0.05) is 0 Å². The van der Waals surface area contributed by atoms with E-state index in [0.717, 1.165) is 0 Å². The molecule has 4 N–H and O–H groups in total. The lowest BCUT2D eigenvalue weighted by atomic mass is 10.2. The van der Waals surface area contributed by atoms with Gasteiger partial charge in [0.1, 0.15) is 0 Å². The molecule has 1 aromatic heterocycles. The third-order valence-electron chi connectivity index (χ3n) is 1.83. The number of amides is 1. The second-order valence-corrected chi connectivity index (χ2v) is 3.84. The maximum absolute atomic E-state index is 10.7. The van der Waals surface area contributed by atoms with E-state index in [1.54, 1.807) is 6.92 Å². The summed E-state index contributed by atoms with van der Waals surface area (Å²) in [6, 6.07) is -0.166. The second-order valence-electron chi connectivity index (χ2n) is 3.50. The summed E-state index contributed by atoms with van der Waals surface area (Å²) in [6.45, 7) is 4.40. The third-order valence-corrected chi connectivity index (χ3v) is 1.99. The molecule has 1 atom stereocenters. The van der Waals surface area contributed by atoms with Crippen LogP contribution in [0.1, 0.15) is 20.3 Å². The molecule has 0 aliphatic carbocycles. The lowest BCUT2D eigenvalue weighted by molar-refractivity contribution is -0.118. The van der Waals surface area contributed by atoms with Gasteiger partial charge in [0.25, 0.3) is 0 Å². The first kappa shape index (κ1) is 13.4. The van der Waals surface area contributed by atoms with E-state index in [-0.39, 0.29) is 17.7 Å². The highest BCUT2D eigenvalue weighted by Gasteiger charge is 2.09. The number of anilines is 2. The molecule has 0 aromatic carbocycles. The van der Waals surface area contributed by atoms with Gasteiger partial charge in [-0.15, -0.1) is 0 Å². The molecule has 0 fully saturated rings. The molecule has 8 heteroatoms. The topological polar surface area (TPSA) is 106 Å². The highest BCUT2D eigenvalue weighted by Crippen LogP contribution is 2.10. The van der Waals surface area contributed by atoms with Gasteiger partial charge in [-0.25, -0.2) is 0 Å². The summed E-state index contributed by atoms with van der Waals surface area (Å²) in [5.74, 6) is 0.313. The number of hydrogen-bond donors (Lipinski definition) is 3. The van der Waals surface area contributed by atoms with Crippen molar-refractivity contribution < 1.29 is 4.79 Å². The summed E-state index contributed by atoms with van der Waals surface area (Å²) in [7, 11) is 0. The predicted molar refractivity (Wildman–Crippen MR) is 65.9 cm³/mol. The number of hydrogen-bond acceptors (Lipinski definition) is 6. The number of primary amides is 1. The molecule has 1 heterocycles. The van der Waals surface area contributed by atoms with Crippen LogP contribution in [0.3, 0.4) is 0 Å². The Kier molecular flexibility index (Phi) is 4.89. The molecule has 0 saturated carbocycles. The SMILES string of the molecule is CCNc1nc(Cl)nc(NC(C)CC(N)=O)n1. The van der Waals surface area contributed by atoms with Gasteiger partial charge in [0.2, 0.25) is 23.1 Å². The van der Waals surface area contributed by atoms with Gasteiger partial charge in [0.05, 0.1) is 0 Å². The Morgan fingerprint density at radius 3 is 2.65 bits per heavy atom. The monoisotopic (exact) mass is 258 g/mol. The minimum absolute atomic E-state index is 0.0877. The van der Waals surface area contributed by atoms with Crippen LogP contribution in [0.25, 0.3) is 0 Å². The van der Waals surface area contributed by atoms with E-state index < -0.39 is 5.91 Å². The van der Waals surface area contributed by atoms with E-state index >= 15 is 0 Å². The summed E-state index contributed by atoms with van der Waals surface area (Å²) >= 11 is 5.74. The fourth-order valence-electron chi connectivity index (χ4n) is 1.23. The number of nitrogens with one attached hydrogen (secondary N) is 2. The quantitative estimate of drug-likeness (QED) is 0.691. The Hall–Kier alpha value is -1.63. The lowest BCUT2D eigenvalue weighted by Crippen LogP contribution is -2.25. The normalized spacial score (nSPS) is 11.9. The summed E-state index contributed by atoms with van der Waals surface area (Å²) < 4.78 is 0. The van der Waals surface area contributed by atoms with Crippen LogP contribution >= 0.6 is 11.6 Å². The van der Waals surface area contributed by atoms with Crippen molar-refractivity contribution in [2.24, 2.45) is 5.73 Å². The Morgan fingerprint density at radius 1 is 1.41 bits per heavy atom. The molecular weight excluding hydrogens is 244 g/mol. The van der Waals surface area contributed by atoms with Crippen LogP contribution in [-0.4, -0.2) is 33.4 Å². The fraction of sp³-hybridized carbons (Fsp3) is 0.556. The van der Waals surface area contributed by atoms with Crippen LogP contribution in [0.15, 0.2) is 0 Å².